The first-order chi connectivity index (χ1) is 8.66. The molecule has 1 aliphatic carbocycles. The minimum atomic E-state index is -0.697. The van der Waals surface area contributed by atoms with Crippen LogP contribution in [0.2, 0.25) is 0 Å². The molecule has 1 saturated carbocycles. The summed E-state index contributed by atoms with van der Waals surface area (Å²) in [5.74, 6) is 0.138. The van der Waals surface area contributed by atoms with Crippen LogP contribution in [0.15, 0.2) is 18.2 Å². The molecule has 96 valence electrons. The van der Waals surface area contributed by atoms with E-state index >= 15 is 0 Å². The molecule has 2 N–H and O–H groups in total. The monoisotopic (exact) mass is 248 g/mol. The van der Waals surface area contributed by atoms with Gasteiger partial charge in [-0.05, 0) is 37.0 Å². The number of hydrogen-bond acceptors (Lipinski definition) is 2. The van der Waals surface area contributed by atoms with E-state index in [1.807, 2.05) is 0 Å². The second kappa shape index (κ2) is 4.35. The van der Waals surface area contributed by atoms with Gasteiger partial charge < -0.3 is 10.6 Å². The molecule has 0 aromatic heterocycles. The maximum Gasteiger partial charge on any atom is 0.248 e. The minimum Gasteiger partial charge on any atom is -0.316 e. The summed E-state index contributed by atoms with van der Waals surface area (Å²) < 4.78 is 13.2. The molecule has 0 saturated heterocycles. The van der Waals surface area contributed by atoms with Gasteiger partial charge in [-0.25, -0.2) is 4.39 Å². The van der Waals surface area contributed by atoms with E-state index < -0.39 is 6.04 Å². The van der Waals surface area contributed by atoms with Crippen molar-refractivity contribution in [1.29, 1.82) is 0 Å². The van der Waals surface area contributed by atoms with Gasteiger partial charge in [-0.15, -0.1) is 0 Å². The molecule has 1 aromatic rings. The van der Waals surface area contributed by atoms with Gasteiger partial charge in [0.2, 0.25) is 5.91 Å². The number of rotatable bonds is 2. The highest BCUT2D eigenvalue weighted by molar-refractivity contribution is 6.04. The molecule has 18 heavy (non-hydrogen) atoms. The molecule has 1 aliphatic heterocycles. The topological polar surface area (TPSA) is 46.3 Å². The van der Waals surface area contributed by atoms with Crippen LogP contribution < -0.4 is 10.6 Å². The standard InChI is InChI=1S/C14H17FN2O/c15-10-5-6-12-11(7-10)13(16)14(18)17(12)8-9-3-1-2-4-9/h5-7,9,13H,1-4,8,16H2. The maximum atomic E-state index is 13.2. The first-order valence-electron chi connectivity index (χ1n) is 6.53. The van der Waals surface area contributed by atoms with E-state index in [1.54, 1.807) is 11.0 Å². The van der Waals surface area contributed by atoms with E-state index in [4.69, 9.17) is 5.73 Å². The van der Waals surface area contributed by atoms with Crippen LogP contribution in [0.25, 0.3) is 0 Å². The van der Waals surface area contributed by atoms with Gasteiger partial charge in [0.15, 0.2) is 0 Å². The fourth-order valence-electron chi connectivity index (χ4n) is 3.08. The molecule has 1 heterocycles. The van der Waals surface area contributed by atoms with Crippen LogP contribution in [0.3, 0.4) is 0 Å². The Kier molecular flexibility index (Phi) is 2.82. The summed E-state index contributed by atoms with van der Waals surface area (Å²) in [4.78, 5) is 13.9. The van der Waals surface area contributed by atoms with Gasteiger partial charge in [-0.2, -0.15) is 0 Å². The van der Waals surface area contributed by atoms with Crippen molar-refractivity contribution in [1.82, 2.24) is 0 Å². The highest BCUT2D eigenvalue weighted by Gasteiger charge is 2.36. The average Bonchev–Trinajstić information content (AvgIpc) is 2.94. The Morgan fingerprint density at radius 1 is 1.33 bits per heavy atom. The van der Waals surface area contributed by atoms with Crippen molar-refractivity contribution >= 4 is 11.6 Å². The Hall–Kier alpha value is -1.42. The lowest BCUT2D eigenvalue weighted by Crippen LogP contribution is -2.35. The summed E-state index contributed by atoms with van der Waals surface area (Å²) in [6.07, 6.45) is 4.84. The molecule has 3 nitrogen and oxygen atoms in total. The molecule has 1 fully saturated rings. The second-order valence-corrected chi connectivity index (χ2v) is 5.28. The van der Waals surface area contributed by atoms with Gasteiger partial charge >= 0.3 is 0 Å². The number of halogens is 1. The van der Waals surface area contributed by atoms with Gasteiger partial charge in [-0.1, -0.05) is 12.8 Å². The maximum absolute atomic E-state index is 13.2. The van der Waals surface area contributed by atoms with Crippen molar-refractivity contribution < 1.29 is 9.18 Å². The quantitative estimate of drug-likeness (QED) is 0.873. The number of amides is 1. The van der Waals surface area contributed by atoms with E-state index in [0.717, 1.165) is 12.2 Å². The number of benzene rings is 1. The molecule has 3 rings (SSSR count). The van der Waals surface area contributed by atoms with Crippen LogP contribution in [-0.4, -0.2) is 12.5 Å². The number of anilines is 1. The number of carbonyl (C=O) groups is 1. The van der Waals surface area contributed by atoms with Crippen LogP contribution >= 0.6 is 0 Å². The van der Waals surface area contributed by atoms with Gasteiger partial charge in [0.05, 0.1) is 0 Å². The molecule has 1 atom stereocenters. The third kappa shape index (κ3) is 1.81. The SMILES string of the molecule is NC1C(=O)N(CC2CCCC2)c2ccc(F)cc21. The predicted octanol–water partition coefficient (Wildman–Crippen LogP) is 2.36. The van der Waals surface area contributed by atoms with Crippen LogP contribution in [0.1, 0.15) is 37.3 Å². The van der Waals surface area contributed by atoms with Crippen molar-refractivity contribution in [2.75, 3.05) is 11.4 Å². The molecule has 4 heteroatoms. The van der Waals surface area contributed by atoms with Crippen molar-refractivity contribution in [3.8, 4) is 0 Å². The molecule has 1 unspecified atom stereocenters. The predicted molar refractivity (Wildman–Crippen MR) is 67.6 cm³/mol. The van der Waals surface area contributed by atoms with Crippen LogP contribution in [0.4, 0.5) is 10.1 Å². The van der Waals surface area contributed by atoms with Crippen LogP contribution in [0.5, 0.6) is 0 Å². The van der Waals surface area contributed by atoms with Crippen molar-refractivity contribution in [2.24, 2.45) is 11.7 Å². The summed E-state index contributed by atoms with van der Waals surface area (Å²) in [5.41, 5.74) is 7.28. The van der Waals surface area contributed by atoms with E-state index in [1.165, 1.54) is 37.8 Å². The second-order valence-electron chi connectivity index (χ2n) is 5.28. The van der Waals surface area contributed by atoms with Crippen molar-refractivity contribution in [3.05, 3.63) is 29.6 Å². The summed E-state index contributed by atoms with van der Waals surface area (Å²) >= 11 is 0. The third-order valence-electron chi connectivity index (χ3n) is 4.06. The van der Waals surface area contributed by atoms with Crippen molar-refractivity contribution in [2.45, 2.75) is 31.7 Å². The number of nitrogens with zero attached hydrogens (tertiary/aromatic N) is 1. The van der Waals surface area contributed by atoms with E-state index in [0.29, 0.717) is 11.5 Å². The first-order valence-corrected chi connectivity index (χ1v) is 6.53. The van der Waals surface area contributed by atoms with Crippen molar-refractivity contribution in [3.63, 3.8) is 0 Å². The zero-order chi connectivity index (χ0) is 12.7. The summed E-state index contributed by atoms with van der Waals surface area (Å²) in [7, 11) is 0. The van der Waals surface area contributed by atoms with Crippen LogP contribution in [-0.2, 0) is 4.79 Å². The van der Waals surface area contributed by atoms with Gasteiger partial charge in [0.25, 0.3) is 0 Å². The number of hydrogen-bond donors (Lipinski definition) is 1. The van der Waals surface area contributed by atoms with E-state index in [-0.39, 0.29) is 11.7 Å². The fraction of sp³-hybridized carbons (Fsp3) is 0.500. The van der Waals surface area contributed by atoms with Gasteiger partial charge in [0.1, 0.15) is 11.9 Å². The first kappa shape index (κ1) is 11.7. The van der Waals surface area contributed by atoms with E-state index in [2.05, 4.69) is 0 Å². The molecular weight excluding hydrogens is 231 g/mol. The Morgan fingerprint density at radius 3 is 2.78 bits per heavy atom. The lowest BCUT2D eigenvalue weighted by atomic mass is 10.1. The Bertz CT molecular complexity index is 483. The lowest BCUT2D eigenvalue weighted by Gasteiger charge is -2.21. The highest BCUT2D eigenvalue weighted by atomic mass is 19.1. The molecule has 1 aromatic carbocycles. The smallest absolute Gasteiger partial charge is 0.248 e. The largest absolute Gasteiger partial charge is 0.316 e. The Balaban J connectivity index is 1.89. The zero-order valence-electron chi connectivity index (χ0n) is 10.2. The van der Waals surface area contributed by atoms with E-state index in [9.17, 15) is 9.18 Å². The third-order valence-corrected chi connectivity index (χ3v) is 4.06. The highest BCUT2D eigenvalue weighted by Crippen LogP contribution is 2.37. The summed E-state index contributed by atoms with van der Waals surface area (Å²) in [6, 6.07) is 3.75. The lowest BCUT2D eigenvalue weighted by molar-refractivity contribution is -0.119. The summed E-state index contributed by atoms with van der Waals surface area (Å²) in [6.45, 7) is 0.727. The molecule has 2 aliphatic rings. The molecule has 0 radical (unpaired) electrons. The molecule has 0 spiro atoms. The minimum absolute atomic E-state index is 0.0949. The van der Waals surface area contributed by atoms with Crippen LogP contribution in [0, 0.1) is 11.7 Å². The molecule has 1 amide bonds. The zero-order valence-corrected chi connectivity index (χ0v) is 10.2. The summed E-state index contributed by atoms with van der Waals surface area (Å²) in [5, 5.41) is 0. The number of carbonyl (C=O) groups excluding carboxylic acids is 1. The van der Waals surface area contributed by atoms with Gasteiger partial charge in [0, 0.05) is 17.8 Å². The number of fused-ring (bicyclic) bond motifs is 1. The molecular formula is C14H17FN2O. The molecule has 0 bridgehead atoms. The van der Waals surface area contributed by atoms with Gasteiger partial charge in [-0.3, -0.25) is 4.79 Å². The Labute approximate surface area is 106 Å². The average molecular weight is 248 g/mol. The fourth-order valence-corrected chi connectivity index (χ4v) is 3.08. The normalized spacial score (nSPS) is 23.8. The Morgan fingerprint density at radius 2 is 2.06 bits per heavy atom. The number of nitrogens with two attached hydrogens (primary N) is 1.